The summed E-state index contributed by atoms with van der Waals surface area (Å²) in [5, 5.41) is -0.269. The van der Waals surface area contributed by atoms with Crippen molar-refractivity contribution in [3.8, 4) is 0 Å². The smallest absolute Gasteiger partial charge is 0.151 e. The van der Waals surface area contributed by atoms with Gasteiger partial charge in [0.1, 0.15) is 0 Å². The van der Waals surface area contributed by atoms with Crippen LogP contribution in [0.3, 0.4) is 0 Å². The third-order valence-corrected chi connectivity index (χ3v) is 5.36. The van der Waals surface area contributed by atoms with Crippen LogP contribution in [0.1, 0.15) is 39.0 Å². The molecule has 18 heavy (non-hydrogen) atoms. The predicted molar refractivity (Wildman–Crippen MR) is 73.9 cm³/mol. The third kappa shape index (κ3) is 2.89. The summed E-state index contributed by atoms with van der Waals surface area (Å²) >= 11 is 0. The number of rotatable bonds is 5. The lowest BCUT2D eigenvalue weighted by atomic mass is 10.0. The molecule has 0 heterocycles. The van der Waals surface area contributed by atoms with E-state index in [1.807, 2.05) is 30.3 Å². The van der Waals surface area contributed by atoms with Crippen LogP contribution < -0.4 is 0 Å². The number of hydrogen-bond acceptors (Lipinski definition) is 2. The van der Waals surface area contributed by atoms with Gasteiger partial charge >= 0.3 is 0 Å². The highest BCUT2D eigenvalue weighted by Gasteiger charge is 2.37. The number of unbranched alkanes of at least 4 members (excludes halogenated alkanes) is 1. The quantitative estimate of drug-likeness (QED) is 0.817. The molecule has 98 valence electrons. The maximum Gasteiger partial charge on any atom is 0.151 e. The first-order valence-electron chi connectivity index (χ1n) is 6.73. The Bertz CT molecular complexity index is 427. The van der Waals surface area contributed by atoms with Crippen LogP contribution in [0.4, 0.5) is 0 Å². The highest BCUT2D eigenvalue weighted by molar-refractivity contribution is 7.86. The summed E-state index contributed by atoms with van der Waals surface area (Å²) in [7, 11) is -1.16. The maximum atomic E-state index is 12.4. The Morgan fingerprint density at radius 2 is 1.94 bits per heavy atom. The summed E-state index contributed by atoms with van der Waals surface area (Å²) in [5.41, 5.74) is 0. The number of benzene rings is 1. The summed E-state index contributed by atoms with van der Waals surface area (Å²) in [6.07, 6.45) is 4.89. The minimum absolute atomic E-state index is 0.155. The van der Waals surface area contributed by atoms with Crippen molar-refractivity contribution in [3.63, 3.8) is 0 Å². The van der Waals surface area contributed by atoms with Gasteiger partial charge in [-0.2, -0.15) is 0 Å². The molecule has 1 saturated carbocycles. The van der Waals surface area contributed by atoms with E-state index in [0.29, 0.717) is 0 Å². The monoisotopic (exact) mass is 264 g/mol. The first-order chi connectivity index (χ1) is 8.74. The molecule has 2 rings (SSSR count). The summed E-state index contributed by atoms with van der Waals surface area (Å²) in [6, 6.07) is 9.36. The highest BCUT2D eigenvalue weighted by Crippen LogP contribution is 2.31. The molecule has 0 N–H and O–H groups in total. The van der Waals surface area contributed by atoms with Crippen LogP contribution in [0.5, 0.6) is 0 Å². The highest BCUT2D eigenvalue weighted by atomic mass is 32.2. The Morgan fingerprint density at radius 1 is 1.22 bits per heavy atom. The number of carbonyl (C=O) groups excluding carboxylic acids is 1. The maximum absolute atomic E-state index is 12.4. The van der Waals surface area contributed by atoms with E-state index >= 15 is 0 Å². The van der Waals surface area contributed by atoms with Gasteiger partial charge in [0.2, 0.25) is 0 Å². The molecule has 1 aromatic carbocycles. The number of Topliss-reactive ketones (excluding diaryl/α,β-unsaturated/α-hetero) is 1. The SMILES string of the molecule is CCCCC1CCC(S(=O)c2ccccc2)C1=O. The van der Waals surface area contributed by atoms with E-state index in [9.17, 15) is 9.00 Å². The van der Waals surface area contributed by atoms with E-state index in [1.54, 1.807) is 0 Å². The zero-order chi connectivity index (χ0) is 13.0. The van der Waals surface area contributed by atoms with E-state index in [1.165, 1.54) is 0 Å². The van der Waals surface area contributed by atoms with Crippen LogP contribution in [-0.4, -0.2) is 15.2 Å². The molecule has 0 bridgehead atoms. The molecule has 0 spiro atoms. The van der Waals surface area contributed by atoms with E-state index in [4.69, 9.17) is 0 Å². The van der Waals surface area contributed by atoms with Crippen LogP contribution in [0.25, 0.3) is 0 Å². The first kappa shape index (κ1) is 13.5. The van der Waals surface area contributed by atoms with Gasteiger partial charge in [-0.3, -0.25) is 9.00 Å². The zero-order valence-electron chi connectivity index (χ0n) is 10.8. The second-order valence-corrected chi connectivity index (χ2v) is 6.55. The van der Waals surface area contributed by atoms with Crippen molar-refractivity contribution < 1.29 is 9.00 Å². The summed E-state index contributed by atoms with van der Waals surface area (Å²) < 4.78 is 12.4. The fourth-order valence-electron chi connectivity index (χ4n) is 2.57. The average molecular weight is 264 g/mol. The van der Waals surface area contributed by atoms with Crippen LogP contribution in [0.15, 0.2) is 35.2 Å². The Hall–Kier alpha value is -0.960. The minimum Gasteiger partial charge on any atom is -0.298 e. The van der Waals surface area contributed by atoms with Crippen molar-refractivity contribution in [1.29, 1.82) is 0 Å². The Kier molecular flexibility index (Phi) is 4.70. The summed E-state index contributed by atoms with van der Waals surface area (Å²) in [4.78, 5) is 13.0. The van der Waals surface area contributed by atoms with Gasteiger partial charge < -0.3 is 0 Å². The molecule has 3 heteroatoms. The lowest BCUT2D eigenvalue weighted by Gasteiger charge is -2.10. The van der Waals surface area contributed by atoms with E-state index in [2.05, 4.69) is 6.92 Å². The van der Waals surface area contributed by atoms with E-state index < -0.39 is 10.8 Å². The molecular formula is C15H20O2S. The van der Waals surface area contributed by atoms with Crippen LogP contribution >= 0.6 is 0 Å². The van der Waals surface area contributed by atoms with Crippen LogP contribution in [0.2, 0.25) is 0 Å². The lowest BCUT2D eigenvalue weighted by molar-refractivity contribution is -0.120. The number of hydrogen-bond donors (Lipinski definition) is 0. The molecule has 0 aliphatic heterocycles. The van der Waals surface area contributed by atoms with Crippen molar-refractivity contribution >= 4 is 16.6 Å². The van der Waals surface area contributed by atoms with Crippen molar-refractivity contribution in [2.45, 2.75) is 49.2 Å². The average Bonchev–Trinajstić information content (AvgIpc) is 2.78. The van der Waals surface area contributed by atoms with E-state index in [0.717, 1.165) is 37.0 Å². The van der Waals surface area contributed by atoms with Gasteiger partial charge in [-0.15, -0.1) is 0 Å². The molecule has 0 radical (unpaired) electrons. The van der Waals surface area contributed by atoms with Gasteiger partial charge in [-0.05, 0) is 31.4 Å². The predicted octanol–water partition coefficient (Wildman–Crippen LogP) is 3.33. The molecule has 1 aliphatic carbocycles. The first-order valence-corrected chi connectivity index (χ1v) is 7.94. The second kappa shape index (κ2) is 6.28. The molecule has 3 atom stereocenters. The Labute approximate surface area is 111 Å². The molecule has 1 fully saturated rings. The topological polar surface area (TPSA) is 34.1 Å². The summed E-state index contributed by atoms with van der Waals surface area (Å²) in [6.45, 7) is 2.14. The van der Waals surface area contributed by atoms with Crippen molar-refractivity contribution in [1.82, 2.24) is 0 Å². The fraction of sp³-hybridized carbons (Fsp3) is 0.533. The zero-order valence-corrected chi connectivity index (χ0v) is 11.6. The van der Waals surface area contributed by atoms with Gasteiger partial charge in [-0.25, -0.2) is 0 Å². The van der Waals surface area contributed by atoms with Crippen molar-refractivity contribution in [2.75, 3.05) is 0 Å². The normalized spacial score (nSPS) is 25.3. The van der Waals surface area contributed by atoms with Crippen molar-refractivity contribution in [2.24, 2.45) is 5.92 Å². The molecule has 0 amide bonds. The van der Waals surface area contributed by atoms with Crippen LogP contribution in [0, 0.1) is 5.92 Å². The molecule has 3 unspecified atom stereocenters. The standard InChI is InChI=1S/C15H20O2S/c1-2-3-7-12-10-11-14(15(12)16)18(17)13-8-5-4-6-9-13/h4-6,8-9,12,14H,2-3,7,10-11H2,1H3. The molecule has 1 aliphatic rings. The number of ketones is 1. The molecule has 2 nitrogen and oxygen atoms in total. The van der Waals surface area contributed by atoms with Gasteiger partial charge in [0.15, 0.2) is 5.78 Å². The van der Waals surface area contributed by atoms with Gasteiger partial charge in [0, 0.05) is 10.8 Å². The largest absolute Gasteiger partial charge is 0.298 e. The third-order valence-electron chi connectivity index (χ3n) is 3.64. The van der Waals surface area contributed by atoms with Gasteiger partial charge in [0.05, 0.1) is 16.0 Å². The minimum atomic E-state index is -1.16. The van der Waals surface area contributed by atoms with Gasteiger partial charge in [0.25, 0.3) is 0 Å². The molecule has 0 aromatic heterocycles. The summed E-state index contributed by atoms with van der Waals surface area (Å²) in [5.74, 6) is 0.383. The molecule has 1 aromatic rings. The fourth-order valence-corrected chi connectivity index (χ4v) is 4.08. The second-order valence-electron chi connectivity index (χ2n) is 4.92. The molecular weight excluding hydrogens is 244 g/mol. The molecule has 0 saturated heterocycles. The lowest BCUT2D eigenvalue weighted by Crippen LogP contribution is -2.23. The Morgan fingerprint density at radius 3 is 2.61 bits per heavy atom. The number of carbonyl (C=O) groups is 1. The van der Waals surface area contributed by atoms with E-state index in [-0.39, 0.29) is 17.0 Å². The van der Waals surface area contributed by atoms with Crippen molar-refractivity contribution in [3.05, 3.63) is 30.3 Å². The van der Waals surface area contributed by atoms with Crippen LogP contribution in [-0.2, 0) is 15.6 Å². The Balaban J connectivity index is 2.03. The van der Waals surface area contributed by atoms with Gasteiger partial charge in [-0.1, -0.05) is 38.0 Å².